The molecule has 1 amide bonds. The van der Waals surface area contributed by atoms with Crippen molar-refractivity contribution >= 4 is 34.4 Å². The zero-order valence-corrected chi connectivity index (χ0v) is 12.7. The van der Waals surface area contributed by atoms with Crippen LogP contribution in [-0.4, -0.2) is 25.7 Å². The summed E-state index contributed by atoms with van der Waals surface area (Å²) in [4.78, 5) is 31.3. The van der Waals surface area contributed by atoms with Crippen LogP contribution in [0.25, 0.3) is 16.7 Å². The molecule has 0 radical (unpaired) electrons. The maximum Gasteiger partial charge on any atom is 0.409 e. The number of carboxylic acid groups (broad SMARTS) is 1. The number of carbonyl (C=O) groups is 1. The average molecular weight is 331 g/mol. The minimum atomic E-state index is -1.19. The molecule has 2 N–H and O–H groups in total. The molecule has 0 fully saturated rings. The van der Waals surface area contributed by atoms with Crippen molar-refractivity contribution in [2.24, 2.45) is 0 Å². The number of aromatic nitrogens is 3. The van der Waals surface area contributed by atoms with Gasteiger partial charge in [-0.25, -0.2) is 9.78 Å². The number of rotatable bonds is 2. The van der Waals surface area contributed by atoms with Gasteiger partial charge in [0.05, 0.1) is 5.69 Å². The highest BCUT2D eigenvalue weighted by atomic mass is 35.5. The summed E-state index contributed by atoms with van der Waals surface area (Å²) >= 11 is 5.86. The van der Waals surface area contributed by atoms with E-state index in [1.54, 1.807) is 37.4 Å². The Hall–Kier alpha value is -2.93. The van der Waals surface area contributed by atoms with E-state index in [4.69, 9.17) is 16.7 Å². The number of nitrogens with one attached hydrogen (secondary N) is 1. The molecule has 2 aromatic heterocycles. The largest absolute Gasteiger partial charge is 0.465 e. The Morgan fingerprint density at radius 1 is 1.35 bits per heavy atom. The van der Waals surface area contributed by atoms with Crippen LogP contribution in [0.1, 0.15) is 5.56 Å². The Balaban J connectivity index is 2.30. The summed E-state index contributed by atoms with van der Waals surface area (Å²) in [5, 5.41) is 11.8. The summed E-state index contributed by atoms with van der Waals surface area (Å²) in [5.74, 6) is 0. The van der Waals surface area contributed by atoms with Crippen LogP contribution in [0.15, 0.2) is 41.3 Å². The van der Waals surface area contributed by atoms with Crippen molar-refractivity contribution in [3.8, 4) is 5.69 Å². The highest BCUT2D eigenvalue weighted by Crippen LogP contribution is 2.20. The minimum absolute atomic E-state index is 0.0241. The normalized spacial score (nSPS) is 10.7. The van der Waals surface area contributed by atoms with E-state index in [9.17, 15) is 9.59 Å². The van der Waals surface area contributed by atoms with Gasteiger partial charge in [0, 0.05) is 23.3 Å². The lowest BCUT2D eigenvalue weighted by Gasteiger charge is -2.12. The van der Waals surface area contributed by atoms with E-state index >= 15 is 0 Å². The smallest absolute Gasteiger partial charge is 0.409 e. The van der Waals surface area contributed by atoms with E-state index in [2.05, 4.69) is 15.3 Å². The molecule has 0 bridgehead atoms. The summed E-state index contributed by atoms with van der Waals surface area (Å²) in [5.41, 5.74) is 1.62. The fraction of sp³-hybridized carbons (Fsp3) is 0.0667. The first kappa shape index (κ1) is 15.0. The second-order valence-corrected chi connectivity index (χ2v) is 5.20. The van der Waals surface area contributed by atoms with Crippen LogP contribution < -0.4 is 10.9 Å². The molecule has 1 aromatic carbocycles. The third-order valence-corrected chi connectivity index (χ3v) is 3.47. The summed E-state index contributed by atoms with van der Waals surface area (Å²) in [6.45, 7) is 1.79. The zero-order valence-electron chi connectivity index (χ0n) is 11.9. The number of pyridine rings is 1. The molecule has 0 spiro atoms. The third-order valence-electron chi connectivity index (χ3n) is 3.29. The number of halogens is 1. The molecule has 3 rings (SSSR count). The van der Waals surface area contributed by atoms with Crippen LogP contribution in [0.4, 0.5) is 10.5 Å². The van der Waals surface area contributed by atoms with Crippen molar-refractivity contribution in [1.29, 1.82) is 0 Å². The molecule has 2 heterocycles. The van der Waals surface area contributed by atoms with E-state index in [-0.39, 0.29) is 10.8 Å². The summed E-state index contributed by atoms with van der Waals surface area (Å²) in [7, 11) is 0. The van der Waals surface area contributed by atoms with Crippen LogP contribution in [0.2, 0.25) is 5.28 Å². The van der Waals surface area contributed by atoms with Gasteiger partial charge in [0.15, 0.2) is 5.65 Å². The number of hydrogen-bond donors (Lipinski definition) is 2. The Bertz CT molecular complexity index is 984. The first-order chi connectivity index (χ1) is 11.0. The van der Waals surface area contributed by atoms with Crippen LogP contribution in [0.5, 0.6) is 0 Å². The molecule has 8 heteroatoms. The Labute approximate surface area is 135 Å². The first-order valence-corrected chi connectivity index (χ1v) is 6.99. The van der Waals surface area contributed by atoms with Crippen molar-refractivity contribution in [3.05, 3.63) is 57.7 Å². The lowest BCUT2D eigenvalue weighted by Crippen LogP contribution is -2.20. The highest BCUT2D eigenvalue weighted by Gasteiger charge is 2.11. The van der Waals surface area contributed by atoms with Gasteiger partial charge < -0.3 is 5.11 Å². The van der Waals surface area contributed by atoms with E-state index in [1.807, 2.05) is 0 Å². The van der Waals surface area contributed by atoms with Gasteiger partial charge in [-0.1, -0.05) is 6.07 Å². The first-order valence-electron chi connectivity index (χ1n) is 6.61. The van der Waals surface area contributed by atoms with Crippen LogP contribution in [0, 0.1) is 6.92 Å². The van der Waals surface area contributed by atoms with E-state index < -0.39 is 6.09 Å². The van der Waals surface area contributed by atoms with E-state index in [0.29, 0.717) is 22.4 Å². The van der Waals surface area contributed by atoms with Crippen molar-refractivity contribution in [3.63, 3.8) is 0 Å². The lowest BCUT2D eigenvalue weighted by molar-refractivity contribution is 0.210. The highest BCUT2D eigenvalue weighted by molar-refractivity contribution is 6.28. The molecule has 0 aliphatic rings. The number of fused-ring (bicyclic) bond motifs is 1. The number of aryl methyl sites for hydroxylation is 1. The lowest BCUT2D eigenvalue weighted by atomic mass is 10.2. The molecule has 0 saturated heterocycles. The maximum atomic E-state index is 12.4. The topological polar surface area (TPSA) is 97.1 Å². The summed E-state index contributed by atoms with van der Waals surface area (Å²) in [6.07, 6.45) is 0.364. The predicted octanol–water partition coefficient (Wildman–Crippen LogP) is 2.83. The van der Waals surface area contributed by atoms with Gasteiger partial charge in [-0.2, -0.15) is 4.98 Å². The summed E-state index contributed by atoms with van der Waals surface area (Å²) in [6, 6.07) is 7.92. The predicted molar refractivity (Wildman–Crippen MR) is 86.5 cm³/mol. The molecule has 116 valence electrons. The van der Waals surface area contributed by atoms with Crippen LogP contribution >= 0.6 is 11.6 Å². The van der Waals surface area contributed by atoms with Gasteiger partial charge in [-0.3, -0.25) is 14.7 Å². The Kier molecular flexibility index (Phi) is 3.71. The minimum Gasteiger partial charge on any atom is -0.465 e. The molecule has 0 unspecified atom stereocenters. The quantitative estimate of drug-likeness (QED) is 0.704. The fourth-order valence-electron chi connectivity index (χ4n) is 2.33. The van der Waals surface area contributed by atoms with E-state index in [1.165, 1.54) is 10.6 Å². The van der Waals surface area contributed by atoms with Gasteiger partial charge in [0.1, 0.15) is 0 Å². The second-order valence-electron chi connectivity index (χ2n) is 4.86. The third kappa shape index (κ3) is 2.86. The molecule has 0 saturated carbocycles. The number of nitrogens with zero attached hydrogens (tertiary/aromatic N) is 3. The average Bonchev–Trinajstić information content (AvgIpc) is 2.46. The molecular formula is C15H11ClN4O3. The van der Waals surface area contributed by atoms with Gasteiger partial charge in [-0.05, 0) is 42.3 Å². The van der Waals surface area contributed by atoms with Crippen molar-refractivity contribution in [1.82, 2.24) is 14.5 Å². The number of hydrogen-bond acceptors (Lipinski definition) is 4. The number of anilines is 1. The Morgan fingerprint density at radius 3 is 2.87 bits per heavy atom. The summed E-state index contributed by atoms with van der Waals surface area (Å²) < 4.78 is 1.36. The molecule has 7 nitrogen and oxygen atoms in total. The molecule has 0 atom stereocenters. The van der Waals surface area contributed by atoms with Gasteiger partial charge in [0.25, 0.3) is 5.56 Å². The van der Waals surface area contributed by atoms with Gasteiger partial charge >= 0.3 is 6.09 Å². The standard InChI is InChI=1S/C15H11ClN4O3/c1-8-5-12(21)20(13-11(8)7-17-14(16)19-13)10-4-2-3-9(6-10)18-15(22)23/h2-7,18H,1H3,(H,22,23). The van der Waals surface area contributed by atoms with Crippen molar-refractivity contribution in [2.75, 3.05) is 5.32 Å². The molecule has 0 aliphatic heterocycles. The molecular weight excluding hydrogens is 320 g/mol. The maximum absolute atomic E-state index is 12.4. The van der Waals surface area contributed by atoms with Gasteiger partial charge in [-0.15, -0.1) is 0 Å². The number of benzene rings is 1. The van der Waals surface area contributed by atoms with Crippen LogP contribution in [-0.2, 0) is 0 Å². The molecule has 23 heavy (non-hydrogen) atoms. The van der Waals surface area contributed by atoms with Crippen molar-refractivity contribution in [2.45, 2.75) is 6.92 Å². The zero-order chi connectivity index (χ0) is 16.6. The second kappa shape index (κ2) is 5.69. The van der Waals surface area contributed by atoms with E-state index in [0.717, 1.165) is 5.56 Å². The SMILES string of the molecule is Cc1cc(=O)n(-c2cccc(NC(=O)O)c2)c2nc(Cl)ncc12. The molecule has 0 aliphatic carbocycles. The van der Waals surface area contributed by atoms with Crippen molar-refractivity contribution < 1.29 is 9.90 Å². The monoisotopic (exact) mass is 330 g/mol. The number of amides is 1. The fourth-order valence-corrected chi connectivity index (χ4v) is 2.46. The molecule has 3 aromatic rings. The Morgan fingerprint density at radius 2 is 2.13 bits per heavy atom. The van der Waals surface area contributed by atoms with Gasteiger partial charge in [0.2, 0.25) is 5.28 Å². The van der Waals surface area contributed by atoms with Crippen LogP contribution in [0.3, 0.4) is 0 Å².